The maximum Gasteiger partial charge on any atom is 0.164 e. The minimum Gasteiger partial charge on any atom is -0.294 e. The van der Waals surface area contributed by atoms with Crippen LogP contribution in [0.2, 0.25) is 0 Å². The van der Waals surface area contributed by atoms with Gasteiger partial charge in [-0.1, -0.05) is 37.0 Å². The Balaban J connectivity index is 2.11. The molecular weight excluding hydrogens is 196 g/mol. The van der Waals surface area contributed by atoms with E-state index in [4.69, 9.17) is 0 Å². The van der Waals surface area contributed by atoms with Gasteiger partial charge < -0.3 is 0 Å². The molecular formula is C15H18O. The number of ketones is 1. The molecule has 0 saturated heterocycles. The molecule has 0 heterocycles. The van der Waals surface area contributed by atoms with Crippen LogP contribution in [0.5, 0.6) is 0 Å². The molecule has 1 aromatic carbocycles. The molecule has 3 rings (SSSR count). The largest absolute Gasteiger partial charge is 0.294 e. The molecule has 0 aliphatic heterocycles. The van der Waals surface area contributed by atoms with E-state index in [0.717, 1.165) is 12.0 Å². The maximum absolute atomic E-state index is 12.1. The zero-order chi connectivity index (χ0) is 11.2. The van der Waals surface area contributed by atoms with Crippen LogP contribution in [0.1, 0.15) is 60.0 Å². The number of rotatable bonds is 0. The normalized spacial score (nSPS) is 22.4. The third kappa shape index (κ3) is 1.34. The summed E-state index contributed by atoms with van der Waals surface area (Å²) in [6, 6.07) is 6.45. The van der Waals surface area contributed by atoms with E-state index in [9.17, 15) is 4.79 Å². The van der Waals surface area contributed by atoms with Crippen LogP contribution < -0.4 is 0 Å². The molecule has 84 valence electrons. The van der Waals surface area contributed by atoms with Crippen molar-refractivity contribution in [2.75, 3.05) is 0 Å². The lowest BCUT2D eigenvalue weighted by Gasteiger charge is -2.33. The van der Waals surface area contributed by atoms with E-state index in [1.807, 2.05) is 0 Å². The molecule has 2 aliphatic rings. The van der Waals surface area contributed by atoms with E-state index >= 15 is 0 Å². The summed E-state index contributed by atoms with van der Waals surface area (Å²) in [6.45, 7) is 2.07. The van der Waals surface area contributed by atoms with Gasteiger partial charge >= 0.3 is 0 Å². The van der Waals surface area contributed by atoms with Gasteiger partial charge in [0.1, 0.15) is 0 Å². The van der Waals surface area contributed by atoms with Crippen molar-refractivity contribution in [1.29, 1.82) is 0 Å². The molecule has 1 saturated carbocycles. The summed E-state index contributed by atoms with van der Waals surface area (Å²) in [5.41, 5.74) is 3.79. The molecule has 0 radical (unpaired) electrons. The zero-order valence-corrected chi connectivity index (χ0v) is 9.88. The van der Waals surface area contributed by atoms with Gasteiger partial charge in [0.15, 0.2) is 5.78 Å². The molecule has 1 fully saturated rings. The first-order valence-corrected chi connectivity index (χ1v) is 6.36. The second kappa shape index (κ2) is 3.44. The highest BCUT2D eigenvalue weighted by atomic mass is 16.1. The Morgan fingerprint density at radius 2 is 1.88 bits per heavy atom. The number of hydrogen-bond acceptors (Lipinski definition) is 1. The summed E-state index contributed by atoms with van der Waals surface area (Å²) in [6.07, 6.45) is 7.13. The Bertz CT molecular complexity index is 439. The number of carbonyl (C=O) groups is 1. The van der Waals surface area contributed by atoms with Gasteiger partial charge in [0.2, 0.25) is 0 Å². The van der Waals surface area contributed by atoms with Crippen LogP contribution in [0.15, 0.2) is 18.2 Å². The third-order valence-corrected chi connectivity index (χ3v) is 4.36. The highest BCUT2D eigenvalue weighted by Crippen LogP contribution is 2.48. The molecule has 0 bridgehead atoms. The summed E-state index contributed by atoms with van der Waals surface area (Å²) in [7, 11) is 0. The van der Waals surface area contributed by atoms with E-state index in [1.54, 1.807) is 0 Å². The first kappa shape index (κ1) is 10.1. The second-order valence-electron chi connectivity index (χ2n) is 5.49. The molecule has 0 unspecified atom stereocenters. The summed E-state index contributed by atoms with van der Waals surface area (Å²) in [4.78, 5) is 12.1. The Kier molecular flexibility index (Phi) is 2.17. The summed E-state index contributed by atoms with van der Waals surface area (Å²) >= 11 is 0. The van der Waals surface area contributed by atoms with E-state index in [1.165, 1.54) is 43.2 Å². The zero-order valence-electron chi connectivity index (χ0n) is 9.88. The lowest BCUT2D eigenvalue weighted by molar-refractivity contribution is 0.0962. The van der Waals surface area contributed by atoms with Crippen LogP contribution in [-0.4, -0.2) is 5.78 Å². The van der Waals surface area contributed by atoms with Crippen LogP contribution in [-0.2, 0) is 5.41 Å². The number of carbonyl (C=O) groups excluding carboxylic acids is 1. The topological polar surface area (TPSA) is 17.1 Å². The van der Waals surface area contributed by atoms with Crippen molar-refractivity contribution in [1.82, 2.24) is 0 Å². The van der Waals surface area contributed by atoms with Crippen LogP contribution in [0, 0.1) is 6.92 Å². The highest BCUT2D eigenvalue weighted by molar-refractivity contribution is 6.02. The number of hydrogen-bond donors (Lipinski definition) is 0. The van der Waals surface area contributed by atoms with Crippen molar-refractivity contribution >= 4 is 5.78 Å². The average Bonchev–Trinajstić information content (AvgIpc) is 2.53. The SMILES string of the molecule is Cc1ccc2c(c1)C(=O)CC21CCCCC1. The van der Waals surface area contributed by atoms with Crippen LogP contribution in [0.3, 0.4) is 0 Å². The Labute approximate surface area is 96.9 Å². The van der Waals surface area contributed by atoms with Gasteiger partial charge in [-0.2, -0.15) is 0 Å². The Morgan fingerprint density at radius 3 is 2.62 bits per heavy atom. The minimum atomic E-state index is 0.221. The van der Waals surface area contributed by atoms with Crippen molar-refractivity contribution in [3.8, 4) is 0 Å². The summed E-state index contributed by atoms with van der Waals surface area (Å²) in [5, 5.41) is 0. The van der Waals surface area contributed by atoms with Crippen molar-refractivity contribution < 1.29 is 4.79 Å². The number of benzene rings is 1. The van der Waals surface area contributed by atoms with Gasteiger partial charge in [-0.25, -0.2) is 0 Å². The van der Waals surface area contributed by atoms with Crippen molar-refractivity contribution in [2.45, 2.75) is 50.9 Å². The smallest absolute Gasteiger partial charge is 0.164 e. The van der Waals surface area contributed by atoms with E-state index in [0.29, 0.717) is 5.78 Å². The fraction of sp³-hybridized carbons (Fsp3) is 0.533. The Hall–Kier alpha value is -1.11. The van der Waals surface area contributed by atoms with Crippen LogP contribution in [0.4, 0.5) is 0 Å². The molecule has 0 aromatic heterocycles. The highest BCUT2D eigenvalue weighted by Gasteiger charge is 2.43. The number of Topliss-reactive ketones (excluding diaryl/α,β-unsaturated/α-hetero) is 1. The summed E-state index contributed by atoms with van der Waals surface area (Å²) in [5.74, 6) is 0.376. The maximum atomic E-state index is 12.1. The van der Waals surface area contributed by atoms with Gasteiger partial charge in [0, 0.05) is 17.4 Å². The first-order valence-electron chi connectivity index (χ1n) is 6.36. The molecule has 0 amide bonds. The lowest BCUT2D eigenvalue weighted by atomic mass is 9.70. The second-order valence-corrected chi connectivity index (χ2v) is 5.49. The minimum absolute atomic E-state index is 0.221. The van der Waals surface area contributed by atoms with Gasteiger partial charge in [0.25, 0.3) is 0 Å². The molecule has 1 aromatic rings. The van der Waals surface area contributed by atoms with Crippen LogP contribution >= 0.6 is 0 Å². The standard InChI is InChI=1S/C15H18O/c1-11-5-6-13-12(9-11)14(16)10-15(13)7-3-2-4-8-15/h5-6,9H,2-4,7-8,10H2,1H3. The van der Waals surface area contributed by atoms with Gasteiger partial charge in [0.05, 0.1) is 0 Å². The molecule has 1 nitrogen and oxygen atoms in total. The molecule has 0 N–H and O–H groups in total. The monoisotopic (exact) mass is 214 g/mol. The molecule has 16 heavy (non-hydrogen) atoms. The Morgan fingerprint density at radius 1 is 1.12 bits per heavy atom. The number of fused-ring (bicyclic) bond motifs is 2. The molecule has 1 heteroatoms. The molecule has 2 aliphatic carbocycles. The third-order valence-electron chi connectivity index (χ3n) is 4.36. The van der Waals surface area contributed by atoms with Crippen molar-refractivity contribution in [3.05, 3.63) is 34.9 Å². The fourth-order valence-corrected chi connectivity index (χ4v) is 3.52. The lowest BCUT2D eigenvalue weighted by Crippen LogP contribution is -2.26. The van der Waals surface area contributed by atoms with Crippen LogP contribution in [0.25, 0.3) is 0 Å². The van der Waals surface area contributed by atoms with Gasteiger partial charge in [-0.15, -0.1) is 0 Å². The predicted octanol–water partition coefficient (Wildman–Crippen LogP) is 3.78. The van der Waals surface area contributed by atoms with Gasteiger partial charge in [-0.3, -0.25) is 4.79 Å². The summed E-state index contributed by atoms with van der Waals surface area (Å²) < 4.78 is 0. The average molecular weight is 214 g/mol. The van der Waals surface area contributed by atoms with Crippen molar-refractivity contribution in [3.63, 3.8) is 0 Å². The quantitative estimate of drug-likeness (QED) is 0.642. The molecule has 0 atom stereocenters. The number of aryl methyl sites for hydroxylation is 1. The molecule has 1 spiro atoms. The van der Waals surface area contributed by atoms with E-state index in [-0.39, 0.29) is 5.41 Å². The van der Waals surface area contributed by atoms with E-state index < -0.39 is 0 Å². The predicted molar refractivity (Wildman–Crippen MR) is 64.9 cm³/mol. The van der Waals surface area contributed by atoms with E-state index in [2.05, 4.69) is 25.1 Å². The first-order chi connectivity index (χ1) is 7.71. The fourth-order valence-electron chi connectivity index (χ4n) is 3.52. The van der Waals surface area contributed by atoms with Crippen molar-refractivity contribution in [2.24, 2.45) is 0 Å². The van der Waals surface area contributed by atoms with Gasteiger partial charge in [-0.05, 0) is 31.4 Å².